The summed E-state index contributed by atoms with van der Waals surface area (Å²) in [7, 11) is 1.62. The molecule has 0 unspecified atom stereocenters. The van der Waals surface area contributed by atoms with Gasteiger partial charge in [0.1, 0.15) is 17.2 Å². The van der Waals surface area contributed by atoms with Gasteiger partial charge < -0.3 is 15.4 Å². The predicted octanol–water partition coefficient (Wildman–Crippen LogP) is 2.02. The quantitative estimate of drug-likeness (QED) is 0.482. The molecule has 4 aromatic rings. The van der Waals surface area contributed by atoms with Crippen LogP contribution in [0.15, 0.2) is 47.4 Å². The first-order chi connectivity index (χ1) is 14.6. The smallest absolute Gasteiger partial charge is 0.250 e. The molecule has 3 N–H and O–H groups in total. The Labute approximate surface area is 176 Å². The molecule has 0 aliphatic heterocycles. The van der Waals surface area contributed by atoms with Crippen LogP contribution in [-0.2, 0) is 7.05 Å². The van der Waals surface area contributed by atoms with Crippen LogP contribution in [0.5, 0.6) is 0 Å². The minimum absolute atomic E-state index is 0.0891. The molecular formula is C22H19FN6O2. The van der Waals surface area contributed by atoms with Gasteiger partial charge in [0.15, 0.2) is 17.0 Å². The monoisotopic (exact) mass is 418 g/mol. The van der Waals surface area contributed by atoms with Crippen LogP contribution in [0, 0.1) is 17.7 Å². The molecule has 0 bridgehead atoms. The fraction of sp³-hybridized carbons (Fsp3) is 0.182. The van der Waals surface area contributed by atoms with Crippen LogP contribution in [0.25, 0.3) is 28.2 Å². The van der Waals surface area contributed by atoms with Crippen LogP contribution >= 0.6 is 0 Å². The molecule has 0 saturated carbocycles. The van der Waals surface area contributed by atoms with Crippen LogP contribution < -0.4 is 11.3 Å². The molecule has 31 heavy (non-hydrogen) atoms. The average Bonchev–Trinajstić information content (AvgIpc) is 3.08. The van der Waals surface area contributed by atoms with Gasteiger partial charge in [0.05, 0.1) is 5.69 Å². The Balaban J connectivity index is 2.07. The number of anilines is 1. The predicted molar refractivity (Wildman–Crippen MR) is 115 cm³/mol. The molecule has 0 fully saturated rings. The number of aryl methyl sites for hydroxylation is 1. The highest BCUT2D eigenvalue weighted by molar-refractivity contribution is 5.87. The van der Waals surface area contributed by atoms with E-state index in [1.165, 1.54) is 22.8 Å². The molecule has 0 amide bonds. The summed E-state index contributed by atoms with van der Waals surface area (Å²) in [4.78, 5) is 25.1. The Hall–Kier alpha value is -4.03. The number of pyridine rings is 1. The highest BCUT2D eigenvalue weighted by Crippen LogP contribution is 2.29. The van der Waals surface area contributed by atoms with Crippen molar-refractivity contribution in [2.75, 3.05) is 5.73 Å². The van der Waals surface area contributed by atoms with E-state index in [1.54, 1.807) is 49.9 Å². The average molecular weight is 418 g/mol. The summed E-state index contributed by atoms with van der Waals surface area (Å²) >= 11 is 0. The second-order valence-corrected chi connectivity index (χ2v) is 7.53. The number of imidazole rings is 1. The Kier molecular flexibility index (Phi) is 4.79. The number of halogens is 1. The number of nitrogens with zero attached hydrogens (tertiary/aromatic N) is 5. The van der Waals surface area contributed by atoms with Crippen molar-refractivity contribution in [1.82, 2.24) is 24.1 Å². The summed E-state index contributed by atoms with van der Waals surface area (Å²) in [5, 5.41) is 9.88. The van der Waals surface area contributed by atoms with E-state index in [2.05, 4.69) is 26.8 Å². The van der Waals surface area contributed by atoms with Crippen molar-refractivity contribution in [2.45, 2.75) is 19.4 Å². The number of nitrogen functional groups attached to an aromatic ring is 1. The maximum absolute atomic E-state index is 13.9. The van der Waals surface area contributed by atoms with E-state index in [0.29, 0.717) is 28.2 Å². The Morgan fingerprint density at radius 3 is 2.61 bits per heavy atom. The minimum atomic E-state index is -1.24. The molecule has 0 aliphatic carbocycles. The third kappa shape index (κ3) is 4.01. The lowest BCUT2D eigenvalue weighted by Crippen LogP contribution is -2.16. The van der Waals surface area contributed by atoms with Gasteiger partial charge in [-0.3, -0.25) is 9.36 Å². The van der Waals surface area contributed by atoms with Crippen molar-refractivity contribution in [3.8, 4) is 28.9 Å². The van der Waals surface area contributed by atoms with Crippen molar-refractivity contribution in [3.63, 3.8) is 0 Å². The Morgan fingerprint density at radius 1 is 1.16 bits per heavy atom. The van der Waals surface area contributed by atoms with Crippen LogP contribution in [0.2, 0.25) is 0 Å². The normalized spacial score (nSPS) is 11.4. The van der Waals surface area contributed by atoms with Crippen molar-refractivity contribution < 1.29 is 9.50 Å². The molecule has 0 radical (unpaired) electrons. The van der Waals surface area contributed by atoms with Gasteiger partial charge in [0, 0.05) is 24.9 Å². The largest absolute Gasteiger partial charge is 0.382 e. The maximum Gasteiger partial charge on any atom is 0.250 e. The Bertz CT molecular complexity index is 1440. The van der Waals surface area contributed by atoms with Gasteiger partial charge >= 0.3 is 0 Å². The molecule has 1 aromatic carbocycles. The number of aromatic nitrogens is 5. The molecule has 3 heterocycles. The van der Waals surface area contributed by atoms with E-state index >= 15 is 0 Å². The Morgan fingerprint density at radius 2 is 1.94 bits per heavy atom. The lowest BCUT2D eigenvalue weighted by molar-refractivity contribution is 0.143. The van der Waals surface area contributed by atoms with Crippen molar-refractivity contribution in [1.29, 1.82) is 0 Å². The summed E-state index contributed by atoms with van der Waals surface area (Å²) in [6.45, 7) is 3.08. The first-order valence-corrected chi connectivity index (χ1v) is 9.37. The second-order valence-electron chi connectivity index (χ2n) is 7.53. The lowest BCUT2D eigenvalue weighted by atomic mass is 10.1. The first-order valence-electron chi connectivity index (χ1n) is 9.37. The van der Waals surface area contributed by atoms with Gasteiger partial charge in [0.2, 0.25) is 11.4 Å². The first kappa shape index (κ1) is 20.3. The molecule has 8 nitrogen and oxygen atoms in total. The van der Waals surface area contributed by atoms with E-state index in [1.807, 2.05) is 0 Å². The van der Waals surface area contributed by atoms with Gasteiger partial charge in [-0.25, -0.2) is 19.3 Å². The number of aliphatic hydroxyl groups is 1. The fourth-order valence-corrected chi connectivity index (χ4v) is 3.02. The standard InChI is InChI=1S/C22H19FN6O2/c1-22(2,31)10-9-16-25-19(24)18-21(26-16)29(15-7-8-17(30)28(3)12-15)20(27-18)13-5-4-6-14(23)11-13/h4-8,11-12,31H,1-3H3,(H2,24,25,26). The van der Waals surface area contributed by atoms with E-state index < -0.39 is 11.4 Å². The zero-order chi connectivity index (χ0) is 22.3. The zero-order valence-corrected chi connectivity index (χ0v) is 17.1. The van der Waals surface area contributed by atoms with Crippen LogP contribution in [0.3, 0.4) is 0 Å². The maximum atomic E-state index is 13.9. The summed E-state index contributed by atoms with van der Waals surface area (Å²) in [6.07, 6.45) is 1.62. The third-order valence-corrected chi connectivity index (χ3v) is 4.43. The molecule has 3 aromatic heterocycles. The molecule has 0 aliphatic rings. The van der Waals surface area contributed by atoms with Crippen molar-refractivity contribution in [2.24, 2.45) is 7.05 Å². The van der Waals surface area contributed by atoms with E-state index in [9.17, 15) is 14.3 Å². The van der Waals surface area contributed by atoms with E-state index in [4.69, 9.17) is 5.73 Å². The summed E-state index contributed by atoms with van der Waals surface area (Å²) < 4.78 is 17.0. The van der Waals surface area contributed by atoms with Crippen LogP contribution in [0.1, 0.15) is 19.7 Å². The SMILES string of the molecule is Cn1cc(-n2c(-c3cccc(F)c3)nc3c(N)nc(C#CC(C)(C)O)nc32)ccc1=O. The third-order valence-electron chi connectivity index (χ3n) is 4.43. The van der Waals surface area contributed by atoms with Gasteiger partial charge in [0.25, 0.3) is 0 Å². The summed E-state index contributed by atoms with van der Waals surface area (Å²) in [5.74, 6) is 5.51. The van der Waals surface area contributed by atoms with Gasteiger partial charge in [-0.15, -0.1) is 0 Å². The minimum Gasteiger partial charge on any atom is -0.382 e. The lowest BCUT2D eigenvalue weighted by Gasteiger charge is -2.10. The molecular weight excluding hydrogens is 399 g/mol. The molecule has 4 rings (SSSR count). The summed E-state index contributed by atoms with van der Waals surface area (Å²) in [5.41, 5.74) is 6.42. The number of fused-ring (bicyclic) bond motifs is 1. The number of hydrogen-bond acceptors (Lipinski definition) is 6. The van der Waals surface area contributed by atoms with Gasteiger partial charge in [-0.05, 0) is 38.0 Å². The molecule has 0 atom stereocenters. The van der Waals surface area contributed by atoms with Crippen LogP contribution in [-0.4, -0.2) is 34.8 Å². The molecule has 156 valence electrons. The number of benzene rings is 1. The number of rotatable bonds is 2. The highest BCUT2D eigenvalue weighted by atomic mass is 19.1. The van der Waals surface area contributed by atoms with E-state index in [0.717, 1.165) is 0 Å². The molecule has 9 heteroatoms. The van der Waals surface area contributed by atoms with Gasteiger partial charge in [-0.1, -0.05) is 18.1 Å². The van der Waals surface area contributed by atoms with E-state index in [-0.39, 0.29) is 17.2 Å². The molecule has 0 spiro atoms. The van der Waals surface area contributed by atoms with Gasteiger partial charge in [-0.2, -0.15) is 0 Å². The highest BCUT2D eigenvalue weighted by Gasteiger charge is 2.20. The second kappa shape index (κ2) is 7.34. The van der Waals surface area contributed by atoms with Crippen molar-refractivity contribution in [3.05, 3.63) is 64.6 Å². The summed E-state index contributed by atoms with van der Waals surface area (Å²) in [6, 6.07) is 8.99. The fourth-order valence-electron chi connectivity index (χ4n) is 3.02. The van der Waals surface area contributed by atoms with Crippen molar-refractivity contribution >= 4 is 17.0 Å². The van der Waals surface area contributed by atoms with Crippen LogP contribution in [0.4, 0.5) is 10.2 Å². The number of nitrogens with two attached hydrogens (primary N) is 1. The molecule has 0 saturated heterocycles. The zero-order valence-electron chi connectivity index (χ0n) is 17.1. The number of hydrogen-bond donors (Lipinski definition) is 2. The topological polar surface area (TPSA) is 112 Å².